The van der Waals surface area contributed by atoms with Crippen LogP contribution >= 0.6 is 0 Å². The van der Waals surface area contributed by atoms with Crippen LogP contribution in [0.15, 0.2) is 67.3 Å². The molecule has 0 radical (unpaired) electrons. The molecule has 3 rings (SSSR count). The van der Waals surface area contributed by atoms with Crippen LogP contribution in [0.5, 0.6) is 0 Å². The van der Waals surface area contributed by atoms with Gasteiger partial charge in [0.1, 0.15) is 18.7 Å². The zero-order valence-electron chi connectivity index (χ0n) is 13.9. The lowest BCUT2D eigenvalue weighted by Crippen LogP contribution is -2.36. The first kappa shape index (κ1) is 16.5. The highest BCUT2D eigenvalue weighted by Gasteiger charge is 2.24. The van der Waals surface area contributed by atoms with Gasteiger partial charge in [-0.25, -0.2) is 9.67 Å². The number of terminal acetylenes is 1. The maximum absolute atomic E-state index is 13.1. The number of aromatic nitrogens is 3. The Labute approximate surface area is 146 Å². The molecular weight excluding hydrogens is 312 g/mol. The Morgan fingerprint density at radius 1 is 1.24 bits per heavy atom. The number of amides is 1. The molecule has 5 heteroatoms. The number of hydrogen-bond donors (Lipinski definition) is 0. The van der Waals surface area contributed by atoms with E-state index in [-0.39, 0.29) is 5.91 Å². The molecular formula is C20H18N4O. The van der Waals surface area contributed by atoms with E-state index in [4.69, 9.17) is 6.42 Å². The van der Waals surface area contributed by atoms with Crippen molar-refractivity contribution in [3.8, 4) is 12.3 Å². The van der Waals surface area contributed by atoms with E-state index in [2.05, 4.69) is 16.0 Å². The molecule has 0 N–H and O–H groups in total. The van der Waals surface area contributed by atoms with Crippen LogP contribution in [0.1, 0.15) is 24.1 Å². The minimum absolute atomic E-state index is 0.0801. The number of hydrogen-bond acceptors (Lipinski definition) is 3. The Hall–Kier alpha value is -3.39. The topological polar surface area (TPSA) is 51.0 Å². The average molecular weight is 330 g/mol. The van der Waals surface area contributed by atoms with Gasteiger partial charge < -0.3 is 4.90 Å². The summed E-state index contributed by atoms with van der Waals surface area (Å²) < 4.78 is 1.55. The molecule has 0 spiro atoms. The maximum Gasteiger partial charge on any atom is 0.251 e. The molecule has 3 aromatic rings. The van der Waals surface area contributed by atoms with E-state index in [9.17, 15) is 4.79 Å². The first-order chi connectivity index (χ1) is 12.2. The second kappa shape index (κ2) is 7.45. The standard InChI is InChI=1S/C20H18N4O/c1-3-17-10-7-11-19(12-17)23(13-18-8-5-4-6-9-18)20(25)16(2)24-15-21-14-22-24/h1,4-12,14-16H,13H2,2H3/t16-/m0/s1. The number of carbonyl (C=O) groups excluding carboxylic acids is 1. The van der Waals surface area contributed by atoms with E-state index in [1.54, 1.807) is 22.8 Å². The molecule has 0 aliphatic carbocycles. The van der Waals surface area contributed by atoms with Crippen molar-refractivity contribution in [1.29, 1.82) is 0 Å². The molecule has 0 saturated carbocycles. The summed E-state index contributed by atoms with van der Waals surface area (Å²) in [6.45, 7) is 2.26. The van der Waals surface area contributed by atoms with Crippen molar-refractivity contribution in [2.45, 2.75) is 19.5 Å². The second-order valence-electron chi connectivity index (χ2n) is 5.66. The summed E-state index contributed by atoms with van der Waals surface area (Å²) in [4.78, 5) is 18.8. The number of rotatable bonds is 5. The summed E-state index contributed by atoms with van der Waals surface area (Å²) in [6, 6.07) is 16.8. The van der Waals surface area contributed by atoms with E-state index < -0.39 is 6.04 Å². The van der Waals surface area contributed by atoms with Gasteiger partial charge in [-0.2, -0.15) is 5.10 Å². The molecule has 0 unspecified atom stereocenters. The van der Waals surface area contributed by atoms with Crippen LogP contribution in [0.3, 0.4) is 0 Å². The molecule has 2 aromatic carbocycles. The number of nitrogens with zero attached hydrogens (tertiary/aromatic N) is 4. The zero-order valence-corrected chi connectivity index (χ0v) is 13.9. The van der Waals surface area contributed by atoms with Crippen molar-refractivity contribution >= 4 is 11.6 Å². The first-order valence-electron chi connectivity index (χ1n) is 7.95. The van der Waals surface area contributed by atoms with Crippen LogP contribution in [-0.2, 0) is 11.3 Å². The van der Waals surface area contributed by atoms with E-state index >= 15 is 0 Å². The molecule has 0 aliphatic heterocycles. The zero-order chi connectivity index (χ0) is 17.6. The fraction of sp³-hybridized carbons (Fsp3) is 0.150. The van der Waals surface area contributed by atoms with Gasteiger partial charge in [0.15, 0.2) is 0 Å². The predicted octanol–water partition coefficient (Wildman–Crippen LogP) is 3.05. The molecule has 25 heavy (non-hydrogen) atoms. The van der Waals surface area contributed by atoms with Gasteiger partial charge in [-0.3, -0.25) is 4.79 Å². The number of carbonyl (C=O) groups is 1. The quantitative estimate of drug-likeness (QED) is 0.676. The highest BCUT2D eigenvalue weighted by molar-refractivity contribution is 5.96. The second-order valence-corrected chi connectivity index (χ2v) is 5.66. The molecule has 0 saturated heterocycles. The molecule has 5 nitrogen and oxygen atoms in total. The Balaban J connectivity index is 1.96. The molecule has 0 aliphatic rings. The molecule has 1 amide bonds. The average Bonchev–Trinajstić information content (AvgIpc) is 3.20. The van der Waals surface area contributed by atoms with Gasteiger partial charge in [0.2, 0.25) is 0 Å². The third-order valence-corrected chi connectivity index (χ3v) is 3.96. The highest BCUT2D eigenvalue weighted by atomic mass is 16.2. The third-order valence-electron chi connectivity index (χ3n) is 3.96. The first-order valence-corrected chi connectivity index (χ1v) is 7.95. The predicted molar refractivity (Wildman–Crippen MR) is 96.7 cm³/mol. The van der Waals surface area contributed by atoms with Crippen molar-refractivity contribution in [3.05, 3.63) is 78.4 Å². The van der Waals surface area contributed by atoms with E-state index in [1.807, 2.05) is 54.6 Å². The van der Waals surface area contributed by atoms with Crippen LogP contribution in [0.2, 0.25) is 0 Å². The summed E-state index contributed by atoms with van der Waals surface area (Å²) in [6.07, 6.45) is 8.47. The summed E-state index contributed by atoms with van der Waals surface area (Å²) in [5.41, 5.74) is 2.53. The lowest BCUT2D eigenvalue weighted by Gasteiger charge is -2.26. The maximum atomic E-state index is 13.1. The van der Waals surface area contributed by atoms with Crippen molar-refractivity contribution < 1.29 is 4.79 Å². The Morgan fingerprint density at radius 2 is 2.04 bits per heavy atom. The van der Waals surface area contributed by atoms with Crippen LogP contribution in [-0.4, -0.2) is 20.7 Å². The largest absolute Gasteiger partial charge is 0.306 e. The third kappa shape index (κ3) is 3.75. The summed E-state index contributed by atoms with van der Waals surface area (Å²) in [5, 5.41) is 4.08. The summed E-state index contributed by atoms with van der Waals surface area (Å²) in [5.74, 6) is 2.54. The fourth-order valence-corrected chi connectivity index (χ4v) is 2.58. The van der Waals surface area contributed by atoms with Crippen LogP contribution in [0.4, 0.5) is 5.69 Å². The lowest BCUT2D eigenvalue weighted by atomic mass is 10.1. The number of anilines is 1. The fourth-order valence-electron chi connectivity index (χ4n) is 2.58. The van der Waals surface area contributed by atoms with Crippen molar-refractivity contribution in [2.24, 2.45) is 0 Å². The minimum Gasteiger partial charge on any atom is -0.306 e. The summed E-state index contributed by atoms with van der Waals surface area (Å²) in [7, 11) is 0. The Bertz CT molecular complexity index is 882. The van der Waals surface area contributed by atoms with Crippen LogP contribution < -0.4 is 4.90 Å². The lowest BCUT2D eigenvalue weighted by molar-refractivity contribution is -0.121. The number of benzene rings is 2. The highest BCUT2D eigenvalue weighted by Crippen LogP contribution is 2.22. The monoisotopic (exact) mass is 330 g/mol. The minimum atomic E-state index is -0.472. The van der Waals surface area contributed by atoms with Gasteiger partial charge in [-0.15, -0.1) is 6.42 Å². The van der Waals surface area contributed by atoms with Gasteiger partial charge in [-0.1, -0.05) is 42.3 Å². The Kier molecular flexibility index (Phi) is 4.91. The van der Waals surface area contributed by atoms with Crippen molar-refractivity contribution in [1.82, 2.24) is 14.8 Å². The van der Waals surface area contributed by atoms with E-state index in [1.165, 1.54) is 6.33 Å². The molecule has 1 heterocycles. The summed E-state index contributed by atoms with van der Waals surface area (Å²) >= 11 is 0. The van der Waals surface area contributed by atoms with Gasteiger partial charge in [0, 0.05) is 11.3 Å². The normalized spacial score (nSPS) is 11.5. The van der Waals surface area contributed by atoms with Gasteiger partial charge >= 0.3 is 0 Å². The van der Waals surface area contributed by atoms with Crippen molar-refractivity contribution in [3.63, 3.8) is 0 Å². The van der Waals surface area contributed by atoms with Crippen LogP contribution in [0, 0.1) is 12.3 Å². The molecule has 0 fully saturated rings. The molecule has 1 atom stereocenters. The van der Waals surface area contributed by atoms with E-state index in [0.717, 1.165) is 16.8 Å². The van der Waals surface area contributed by atoms with Gasteiger partial charge in [0.25, 0.3) is 5.91 Å². The van der Waals surface area contributed by atoms with Gasteiger partial charge in [-0.05, 0) is 30.7 Å². The SMILES string of the molecule is C#Cc1cccc(N(Cc2ccccc2)C(=O)[C@H](C)n2cncn2)c1. The van der Waals surface area contributed by atoms with E-state index in [0.29, 0.717) is 6.54 Å². The smallest absolute Gasteiger partial charge is 0.251 e. The molecule has 0 bridgehead atoms. The van der Waals surface area contributed by atoms with Crippen LogP contribution in [0.25, 0.3) is 0 Å². The van der Waals surface area contributed by atoms with Gasteiger partial charge in [0.05, 0.1) is 6.54 Å². The Morgan fingerprint density at radius 3 is 2.72 bits per heavy atom. The molecule has 1 aromatic heterocycles. The van der Waals surface area contributed by atoms with Crippen molar-refractivity contribution in [2.75, 3.05) is 4.90 Å². The molecule has 124 valence electrons.